The van der Waals surface area contributed by atoms with Gasteiger partial charge in [-0.05, 0) is 12.8 Å². The number of nitrogens with zero attached hydrogens (tertiary/aromatic N) is 3. The number of hydrogen-bond donors (Lipinski definition) is 0. The molecule has 0 aromatic heterocycles. The zero-order valence-corrected chi connectivity index (χ0v) is 14.1. The smallest absolute Gasteiger partial charge is 0.242 e. The molecule has 3 heterocycles. The summed E-state index contributed by atoms with van der Waals surface area (Å²) in [5.41, 5.74) is 0. The van der Waals surface area contributed by atoms with Gasteiger partial charge in [0, 0.05) is 26.2 Å². The molecule has 0 saturated carbocycles. The number of thioether (sulfide) groups is 1. The van der Waals surface area contributed by atoms with Crippen molar-refractivity contribution in [2.45, 2.75) is 12.8 Å². The van der Waals surface area contributed by atoms with Crippen LogP contribution in [-0.4, -0.2) is 90.0 Å². The highest BCUT2D eigenvalue weighted by Gasteiger charge is 2.33. The minimum Gasteiger partial charge on any atom is -0.378 e. The van der Waals surface area contributed by atoms with Crippen molar-refractivity contribution in [1.82, 2.24) is 14.7 Å². The van der Waals surface area contributed by atoms with Gasteiger partial charge in [-0.1, -0.05) is 0 Å². The predicted molar refractivity (Wildman–Crippen MR) is 85.7 cm³/mol. The number of ether oxygens (including phenoxy) is 1. The molecule has 3 aliphatic heterocycles. The maximum atomic E-state index is 12.6. The van der Waals surface area contributed by atoms with Gasteiger partial charge in [0.2, 0.25) is 17.7 Å². The van der Waals surface area contributed by atoms with E-state index in [9.17, 15) is 14.4 Å². The molecular formula is C15H23N3O4S. The second-order valence-corrected chi connectivity index (χ2v) is 7.14. The number of likely N-dealkylation sites (tertiary alicyclic amines) is 1. The van der Waals surface area contributed by atoms with E-state index in [-0.39, 0.29) is 30.2 Å². The molecule has 23 heavy (non-hydrogen) atoms. The van der Waals surface area contributed by atoms with Crippen molar-refractivity contribution >= 4 is 29.5 Å². The maximum absolute atomic E-state index is 12.6. The lowest BCUT2D eigenvalue weighted by Gasteiger charge is -2.36. The van der Waals surface area contributed by atoms with Crippen LogP contribution in [0.4, 0.5) is 0 Å². The third-order valence-corrected chi connectivity index (χ3v) is 5.54. The van der Waals surface area contributed by atoms with Gasteiger partial charge in [0.05, 0.1) is 30.8 Å². The highest BCUT2D eigenvalue weighted by molar-refractivity contribution is 8.00. The number of morpholine rings is 1. The van der Waals surface area contributed by atoms with Crippen molar-refractivity contribution in [1.29, 1.82) is 0 Å². The molecule has 0 aromatic carbocycles. The molecule has 1 atom stereocenters. The van der Waals surface area contributed by atoms with E-state index in [1.165, 1.54) is 11.8 Å². The van der Waals surface area contributed by atoms with E-state index >= 15 is 0 Å². The predicted octanol–water partition coefficient (Wildman–Crippen LogP) is -0.383. The summed E-state index contributed by atoms with van der Waals surface area (Å²) < 4.78 is 5.28. The van der Waals surface area contributed by atoms with Gasteiger partial charge in [0.15, 0.2) is 0 Å². The summed E-state index contributed by atoms with van der Waals surface area (Å²) in [6.07, 6.45) is 1.67. The molecule has 3 aliphatic rings. The lowest BCUT2D eigenvalue weighted by molar-refractivity contribution is -0.145. The molecule has 0 bridgehead atoms. The van der Waals surface area contributed by atoms with Crippen LogP contribution >= 0.6 is 11.8 Å². The van der Waals surface area contributed by atoms with Gasteiger partial charge in [-0.3, -0.25) is 14.4 Å². The molecule has 3 rings (SSSR count). The van der Waals surface area contributed by atoms with Crippen molar-refractivity contribution < 1.29 is 19.1 Å². The molecule has 3 saturated heterocycles. The van der Waals surface area contributed by atoms with Crippen LogP contribution in [0.3, 0.4) is 0 Å². The minimum atomic E-state index is -0.116. The van der Waals surface area contributed by atoms with E-state index in [0.717, 1.165) is 12.8 Å². The molecular weight excluding hydrogens is 318 g/mol. The molecule has 1 unspecified atom stereocenters. The first-order chi connectivity index (χ1) is 11.1. The van der Waals surface area contributed by atoms with E-state index in [4.69, 9.17) is 4.74 Å². The van der Waals surface area contributed by atoms with Gasteiger partial charge in [-0.25, -0.2) is 0 Å². The molecule has 0 N–H and O–H groups in total. The summed E-state index contributed by atoms with van der Waals surface area (Å²) in [5, 5.41) is 0. The number of carbonyl (C=O) groups excluding carboxylic acids is 3. The van der Waals surface area contributed by atoms with Crippen molar-refractivity contribution in [3.63, 3.8) is 0 Å². The quantitative estimate of drug-likeness (QED) is 0.700. The molecule has 0 spiro atoms. The third kappa shape index (κ3) is 3.98. The first-order valence-electron chi connectivity index (χ1n) is 8.15. The van der Waals surface area contributed by atoms with Crippen LogP contribution in [0.5, 0.6) is 0 Å². The topological polar surface area (TPSA) is 70.2 Å². The normalized spacial score (nSPS) is 25.8. The highest BCUT2D eigenvalue weighted by Crippen LogP contribution is 2.21. The fraction of sp³-hybridized carbons (Fsp3) is 0.800. The van der Waals surface area contributed by atoms with E-state index in [1.54, 1.807) is 9.80 Å². The lowest BCUT2D eigenvalue weighted by Crippen LogP contribution is -2.51. The van der Waals surface area contributed by atoms with Gasteiger partial charge in [0.1, 0.15) is 6.54 Å². The molecule has 0 radical (unpaired) electrons. The van der Waals surface area contributed by atoms with Gasteiger partial charge in [-0.2, -0.15) is 0 Å². The number of amides is 3. The van der Waals surface area contributed by atoms with Crippen LogP contribution in [0.2, 0.25) is 0 Å². The van der Waals surface area contributed by atoms with Crippen LogP contribution in [0, 0.1) is 5.92 Å². The second-order valence-electron chi connectivity index (χ2n) is 6.19. The summed E-state index contributed by atoms with van der Waals surface area (Å²) in [4.78, 5) is 41.8. The van der Waals surface area contributed by atoms with E-state index in [2.05, 4.69) is 0 Å². The number of hydrogen-bond acceptors (Lipinski definition) is 5. The Kier molecular flexibility index (Phi) is 5.42. The fourth-order valence-corrected chi connectivity index (χ4v) is 4.15. The molecule has 7 nitrogen and oxygen atoms in total. The Bertz CT molecular complexity index is 481. The lowest BCUT2D eigenvalue weighted by atomic mass is 9.96. The molecule has 0 aliphatic carbocycles. The van der Waals surface area contributed by atoms with E-state index < -0.39 is 0 Å². The van der Waals surface area contributed by atoms with Crippen molar-refractivity contribution in [3.8, 4) is 0 Å². The Labute approximate surface area is 140 Å². The van der Waals surface area contributed by atoms with Gasteiger partial charge >= 0.3 is 0 Å². The van der Waals surface area contributed by atoms with Crippen molar-refractivity contribution in [2.75, 3.05) is 57.6 Å². The van der Waals surface area contributed by atoms with Crippen molar-refractivity contribution in [2.24, 2.45) is 5.92 Å². The summed E-state index contributed by atoms with van der Waals surface area (Å²) in [5.74, 6) is 1.06. The van der Waals surface area contributed by atoms with Crippen LogP contribution in [0.25, 0.3) is 0 Å². The van der Waals surface area contributed by atoms with E-state index in [0.29, 0.717) is 51.0 Å². The first kappa shape index (κ1) is 16.6. The summed E-state index contributed by atoms with van der Waals surface area (Å²) in [7, 11) is 0. The molecule has 8 heteroatoms. The van der Waals surface area contributed by atoms with Gasteiger partial charge in [-0.15, -0.1) is 11.8 Å². The molecule has 0 aromatic rings. The van der Waals surface area contributed by atoms with Gasteiger partial charge in [0.25, 0.3) is 0 Å². The van der Waals surface area contributed by atoms with Crippen LogP contribution in [0.15, 0.2) is 0 Å². The van der Waals surface area contributed by atoms with Gasteiger partial charge < -0.3 is 19.4 Å². The summed E-state index contributed by atoms with van der Waals surface area (Å²) in [6.45, 7) is 3.77. The zero-order valence-electron chi connectivity index (χ0n) is 13.2. The van der Waals surface area contributed by atoms with Crippen molar-refractivity contribution in [3.05, 3.63) is 0 Å². The number of rotatable bonds is 3. The average Bonchev–Trinajstić information content (AvgIpc) is 3.00. The standard InChI is InChI=1S/C15H23N3O4S/c19-13(9-18-11-23-10-14(18)20)17-3-1-2-12(8-17)15(21)16-4-6-22-7-5-16/h12H,1-11H2. The SMILES string of the molecule is O=C1CSCN1CC(=O)N1CCCC(C(=O)N2CCOCC2)C1. The Hall–Kier alpha value is -1.28. The van der Waals surface area contributed by atoms with Crippen LogP contribution in [0.1, 0.15) is 12.8 Å². The number of carbonyl (C=O) groups is 3. The highest BCUT2D eigenvalue weighted by atomic mass is 32.2. The minimum absolute atomic E-state index is 0.0290. The number of piperidine rings is 1. The zero-order chi connectivity index (χ0) is 16.2. The Morgan fingerprint density at radius 3 is 2.65 bits per heavy atom. The average molecular weight is 341 g/mol. The Balaban J connectivity index is 1.53. The second kappa shape index (κ2) is 7.53. The third-order valence-electron chi connectivity index (χ3n) is 4.60. The van der Waals surface area contributed by atoms with Crippen LogP contribution < -0.4 is 0 Å². The molecule has 3 fully saturated rings. The Morgan fingerprint density at radius 2 is 1.96 bits per heavy atom. The Morgan fingerprint density at radius 1 is 1.17 bits per heavy atom. The molecule has 128 valence electrons. The maximum Gasteiger partial charge on any atom is 0.242 e. The summed E-state index contributed by atoms with van der Waals surface area (Å²) in [6, 6.07) is 0. The fourth-order valence-electron chi connectivity index (χ4n) is 3.25. The largest absolute Gasteiger partial charge is 0.378 e. The first-order valence-corrected chi connectivity index (χ1v) is 9.30. The van der Waals surface area contributed by atoms with Crippen LogP contribution in [-0.2, 0) is 19.1 Å². The molecule has 3 amide bonds. The summed E-state index contributed by atoms with van der Waals surface area (Å²) >= 11 is 1.54. The monoisotopic (exact) mass is 341 g/mol. The van der Waals surface area contributed by atoms with E-state index in [1.807, 2.05) is 4.90 Å².